The quantitative estimate of drug-likeness (QED) is 0.172. The van der Waals surface area contributed by atoms with Crippen LogP contribution in [0.4, 0.5) is 4.79 Å². The lowest BCUT2D eigenvalue weighted by Crippen LogP contribution is -2.59. The Balaban J connectivity index is 1.77. The van der Waals surface area contributed by atoms with E-state index in [9.17, 15) is 19.2 Å². The number of nitrogens with one attached hydrogen (secondary N) is 2. The molecule has 3 unspecified atom stereocenters. The number of hydrogen-bond donors (Lipinski definition) is 2. The summed E-state index contributed by atoms with van der Waals surface area (Å²) in [5, 5.41) is 5.76. The van der Waals surface area contributed by atoms with Gasteiger partial charge in [0, 0.05) is 24.4 Å². The van der Waals surface area contributed by atoms with Gasteiger partial charge in [0.2, 0.25) is 11.8 Å². The molecule has 0 bridgehead atoms. The molecule has 0 heterocycles. The lowest BCUT2D eigenvalue weighted by atomic mass is 9.87. The molecule has 9 heteroatoms. The number of benzene rings is 3. The number of hydrogen-bond acceptors (Lipinski definition) is 6. The number of carbonyl (C=O) groups is 4. The topological polar surface area (TPSA) is 114 Å². The van der Waals surface area contributed by atoms with Gasteiger partial charge < -0.3 is 25.0 Å². The lowest BCUT2D eigenvalue weighted by Gasteiger charge is -2.44. The van der Waals surface area contributed by atoms with Gasteiger partial charge in [-0.2, -0.15) is 0 Å². The lowest BCUT2D eigenvalue weighted by molar-refractivity contribution is -0.159. The zero-order valence-corrected chi connectivity index (χ0v) is 29.9. The first-order valence-corrected chi connectivity index (χ1v) is 17.1. The number of amides is 3. The fourth-order valence-electron chi connectivity index (χ4n) is 5.73. The Labute approximate surface area is 296 Å². The van der Waals surface area contributed by atoms with E-state index in [0.29, 0.717) is 24.0 Å². The molecule has 0 saturated heterocycles. The van der Waals surface area contributed by atoms with E-state index in [2.05, 4.69) is 16.6 Å². The van der Waals surface area contributed by atoms with Crippen molar-refractivity contribution in [2.75, 3.05) is 0 Å². The second-order valence-electron chi connectivity index (χ2n) is 14.7. The maximum Gasteiger partial charge on any atom is 0.408 e. The highest BCUT2D eigenvalue weighted by Crippen LogP contribution is 2.34. The van der Waals surface area contributed by atoms with Crippen LogP contribution in [-0.2, 0) is 36.7 Å². The third kappa shape index (κ3) is 11.0. The predicted octanol–water partition coefficient (Wildman–Crippen LogP) is 6.30. The molecule has 3 atom stereocenters. The monoisotopic (exact) mass is 679 g/mol. The molecule has 0 aliphatic heterocycles. The molecule has 50 heavy (non-hydrogen) atoms. The largest absolute Gasteiger partial charge is 0.458 e. The minimum Gasteiger partial charge on any atom is -0.458 e. The molecule has 1 saturated carbocycles. The minimum atomic E-state index is -1.15. The molecule has 3 amide bonds. The highest BCUT2D eigenvalue weighted by atomic mass is 16.6. The summed E-state index contributed by atoms with van der Waals surface area (Å²) in [4.78, 5) is 57.9. The van der Waals surface area contributed by atoms with Crippen LogP contribution in [-0.4, -0.2) is 58.1 Å². The molecule has 1 aliphatic rings. The van der Waals surface area contributed by atoms with E-state index in [1.807, 2.05) is 60.7 Å². The van der Waals surface area contributed by atoms with Crippen molar-refractivity contribution in [3.63, 3.8) is 0 Å². The van der Waals surface area contributed by atoms with Gasteiger partial charge in [0.25, 0.3) is 0 Å². The molecule has 2 N–H and O–H groups in total. The van der Waals surface area contributed by atoms with Crippen LogP contribution in [0.3, 0.4) is 0 Å². The van der Waals surface area contributed by atoms with Crippen molar-refractivity contribution < 1.29 is 28.7 Å². The van der Waals surface area contributed by atoms with Gasteiger partial charge in [-0.1, -0.05) is 78.7 Å². The predicted molar refractivity (Wildman–Crippen MR) is 193 cm³/mol. The van der Waals surface area contributed by atoms with E-state index in [1.54, 1.807) is 70.7 Å². The Bertz CT molecular complexity index is 1650. The molecular formula is C41H49N3O6. The average molecular weight is 680 g/mol. The molecule has 4 rings (SSSR count). The summed E-state index contributed by atoms with van der Waals surface area (Å²) in [6, 6.07) is 22.0. The summed E-state index contributed by atoms with van der Waals surface area (Å²) in [6.45, 7) is 10.5. The molecule has 1 aliphatic carbocycles. The van der Waals surface area contributed by atoms with Crippen LogP contribution in [0.2, 0.25) is 0 Å². The van der Waals surface area contributed by atoms with Crippen LogP contribution in [0.5, 0.6) is 0 Å². The van der Waals surface area contributed by atoms with Crippen molar-refractivity contribution in [2.45, 2.75) is 109 Å². The van der Waals surface area contributed by atoms with E-state index in [0.717, 1.165) is 17.5 Å². The van der Waals surface area contributed by atoms with Crippen LogP contribution in [0.1, 0.15) is 89.1 Å². The number of nitrogens with zero attached hydrogens (tertiary/aromatic N) is 1. The fraction of sp³-hybridized carbons (Fsp3) is 0.415. The van der Waals surface area contributed by atoms with E-state index in [1.165, 1.54) is 0 Å². The summed E-state index contributed by atoms with van der Waals surface area (Å²) in [7, 11) is 0. The van der Waals surface area contributed by atoms with Gasteiger partial charge in [0.1, 0.15) is 29.3 Å². The van der Waals surface area contributed by atoms with Crippen LogP contribution >= 0.6 is 0 Å². The Hall–Kier alpha value is -5.10. The first-order chi connectivity index (χ1) is 23.6. The number of carbonyl (C=O) groups excluding carboxylic acids is 4. The standard InChI is InChI=1S/C41H49N3O6/c1-8-28-22-24-31(25-23-28)35(36(45)42-34(38(47)49-40(2,3)4)27-30-18-13-10-14-19-30)44(32-20-15-21-32)37(46)33(26-29-16-11-9-12-17-29)43-39(48)50-41(5,6)7/h1,9-14,16-19,22-25,32-35H,15,20-21,26-27H2,2-7H3,(H,42,45)(H,43,48). The Kier molecular flexibility index (Phi) is 12.5. The first-order valence-electron chi connectivity index (χ1n) is 17.1. The smallest absolute Gasteiger partial charge is 0.408 e. The van der Waals surface area contributed by atoms with E-state index >= 15 is 0 Å². The maximum absolute atomic E-state index is 14.9. The molecule has 0 aromatic heterocycles. The minimum absolute atomic E-state index is 0.168. The molecule has 3 aromatic carbocycles. The number of alkyl carbamates (subject to hydrolysis) is 1. The second kappa shape index (κ2) is 16.5. The maximum atomic E-state index is 14.9. The Morgan fingerprint density at radius 3 is 1.74 bits per heavy atom. The van der Waals surface area contributed by atoms with Gasteiger partial charge in [-0.15, -0.1) is 6.42 Å². The van der Waals surface area contributed by atoms with Gasteiger partial charge in [0.05, 0.1) is 0 Å². The summed E-state index contributed by atoms with van der Waals surface area (Å²) in [6.07, 6.45) is 7.46. The van der Waals surface area contributed by atoms with Crippen molar-refractivity contribution >= 4 is 23.9 Å². The normalized spacial score (nSPS) is 14.9. The summed E-state index contributed by atoms with van der Waals surface area (Å²) in [5.41, 5.74) is 1.18. The zero-order chi connectivity index (χ0) is 36.5. The van der Waals surface area contributed by atoms with Gasteiger partial charge in [-0.25, -0.2) is 9.59 Å². The van der Waals surface area contributed by atoms with Gasteiger partial charge in [0.15, 0.2) is 0 Å². The van der Waals surface area contributed by atoms with Crippen LogP contribution in [0.15, 0.2) is 84.9 Å². The summed E-state index contributed by atoms with van der Waals surface area (Å²) < 4.78 is 11.3. The Morgan fingerprint density at radius 1 is 0.760 bits per heavy atom. The number of esters is 1. The average Bonchev–Trinajstić information content (AvgIpc) is 3.02. The van der Waals surface area contributed by atoms with Crippen molar-refractivity contribution in [1.82, 2.24) is 15.5 Å². The first kappa shape index (κ1) is 37.7. The van der Waals surface area contributed by atoms with Crippen molar-refractivity contribution in [3.8, 4) is 12.3 Å². The summed E-state index contributed by atoms with van der Waals surface area (Å²) >= 11 is 0. The highest BCUT2D eigenvalue weighted by Gasteiger charge is 2.43. The van der Waals surface area contributed by atoms with Crippen molar-refractivity contribution in [2.24, 2.45) is 0 Å². The van der Waals surface area contributed by atoms with E-state index < -0.39 is 53.2 Å². The molecule has 0 radical (unpaired) electrons. The SMILES string of the molecule is C#Cc1ccc(C(C(=O)NC(Cc2ccccc2)C(=O)OC(C)(C)C)N(C(=O)C(Cc2ccccc2)NC(=O)OC(C)(C)C)C2CCC2)cc1. The molecule has 0 spiro atoms. The number of ether oxygens (including phenoxy) is 2. The van der Waals surface area contributed by atoms with Crippen LogP contribution in [0.25, 0.3) is 0 Å². The molecule has 9 nitrogen and oxygen atoms in total. The van der Waals surface area contributed by atoms with E-state index in [4.69, 9.17) is 15.9 Å². The fourth-order valence-corrected chi connectivity index (χ4v) is 5.73. The third-order valence-corrected chi connectivity index (χ3v) is 8.20. The van der Waals surface area contributed by atoms with Gasteiger partial charge in [-0.3, -0.25) is 9.59 Å². The number of rotatable bonds is 12. The third-order valence-electron chi connectivity index (χ3n) is 8.20. The van der Waals surface area contributed by atoms with Gasteiger partial charge >= 0.3 is 12.1 Å². The molecule has 3 aromatic rings. The highest BCUT2D eigenvalue weighted by molar-refractivity contribution is 5.94. The second-order valence-corrected chi connectivity index (χ2v) is 14.7. The summed E-state index contributed by atoms with van der Waals surface area (Å²) in [5.74, 6) is 1.01. The van der Waals surface area contributed by atoms with Crippen LogP contribution < -0.4 is 10.6 Å². The van der Waals surface area contributed by atoms with Crippen molar-refractivity contribution in [3.05, 3.63) is 107 Å². The van der Waals surface area contributed by atoms with Crippen LogP contribution in [0, 0.1) is 12.3 Å². The molecular weight excluding hydrogens is 630 g/mol. The number of terminal acetylenes is 1. The zero-order valence-electron chi connectivity index (χ0n) is 29.9. The Morgan fingerprint density at radius 2 is 1.28 bits per heavy atom. The van der Waals surface area contributed by atoms with Crippen molar-refractivity contribution in [1.29, 1.82) is 0 Å². The van der Waals surface area contributed by atoms with E-state index in [-0.39, 0.29) is 18.9 Å². The molecule has 1 fully saturated rings. The van der Waals surface area contributed by atoms with Gasteiger partial charge in [-0.05, 0) is 89.6 Å². The molecule has 264 valence electrons.